The van der Waals surface area contributed by atoms with Gasteiger partial charge < -0.3 is 10.4 Å². The molecule has 2 aromatic rings. The van der Waals surface area contributed by atoms with E-state index >= 15 is 0 Å². The maximum atomic E-state index is 10.8. The molecule has 1 aromatic carbocycles. The van der Waals surface area contributed by atoms with Gasteiger partial charge in [0, 0.05) is 29.2 Å². The molecule has 2 atom stereocenters. The number of hydrogen-bond acceptors (Lipinski definition) is 4. The lowest BCUT2D eigenvalue weighted by Gasteiger charge is -2.33. The van der Waals surface area contributed by atoms with Gasteiger partial charge in [-0.3, -0.25) is 0 Å². The van der Waals surface area contributed by atoms with Crippen molar-refractivity contribution in [2.45, 2.75) is 37.3 Å². The molecule has 0 aliphatic heterocycles. The zero-order valence-electron chi connectivity index (χ0n) is 12.7. The Morgan fingerprint density at radius 1 is 1.30 bits per heavy atom. The van der Waals surface area contributed by atoms with Crippen LogP contribution in [0.2, 0.25) is 5.02 Å². The molecule has 3 rings (SSSR count). The number of aliphatic hydroxyl groups is 1. The summed E-state index contributed by atoms with van der Waals surface area (Å²) in [6.07, 6.45) is 4.78. The summed E-state index contributed by atoms with van der Waals surface area (Å²) in [5.74, 6) is 6.79. The van der Waals surface area contributed by atoms with E-state index in [9.17, 15) is 5.11 Å². The third kappa shape index (κ3) is 4.44. The molecule has 0 radical (unpaired) electrons. The standard InChI is InChI=1S/C18H18ClN3O/c19-15-5-1-4-14(12-15)8-10-18(23)9-2-6-16(13-18)21-17-7-3-11-20-22-17/h1,3-5,7,11-12,16,23H,2,6,9,13H2,(H,21,22)/t16-,18+/m1/s1. The van der Waals surface area contributed by atoms with E-state index in [2.05, 4.69) is 27.4 Å². The van der Waals surface area contributed by atoms with E-state index in [0.717, 1.165) is 24.2 Å². The van der Waals surface area contributed by atoms with Gasteiger partial charge in [-0.2, -0.15) is 5.10 Å². The highest BCUT2D eigenvalue weighted by atomic mass is 35.5. The Labute approximate surface area is 140 Å². The monoisotopic (exact) mass is 327 g/mol. The number of hydrogen-bond donors (Lipinski definition) is 2. The number of nitrogens with one attached hydrogen (secondary N) is 1. The number of anilines is 1. The largest absolute Gasteiger partial charge is 0.378 e. The SMILES string of the molecule is O[C@]1(C#Cc2cccc(Cl)c2)CCC[C@@H](Nc2cccnn2)C1. The van der Waals surface area contributed by atoms with E-state index in [-0.39, 0.29) is 6.04 Å². The quantitative estimate of drug-likeness (QED) is 0.831. The van der Waals surface area contributed by atoms with Gasteiger partial charge in [0.25, 0.3) is 0 Å². The molecule has 1 aliphatic carbocycles. The number of benzene rings is 1. The number of halogens is 1. The van der Waals surface area contributed by atoms with Crippen molar-refractivity contribution in [2.24, 2.45) is 0 Å². The zero-order valence-corrected chi connectivity index (χ0v) is 13.4. The van der Waals surface area contributed by atoms with E-state index in [1.54, 1.807) is 12.3 Å². The molecule has 0 amide bonds. The Morgan fingerprint density at radius 2 is 2.22 bits per heavy atom. The summed E-state index contributed by atoms with van der Waals surface area (Å²) in [6, 6.07) is 11.2. The van der Waals surface area contributed by atoms with Crippen LogP contribution in [-0.2, 0) is 0 Å². The van der Waals surface area contributed by atoms with Crippen LogP contribution in [0.5, 0.6) is 0 Å². The van der Waals surface area contributed by atoms with Gasteiger partial charge in [-0.1, -0.05) is 29.5 Å². The lowest BCUT2D eigenvalue weighted by atomic mass is 9.82. The van der Waals surface area contributed by atoms with Crippen LogP contribution in [0.15, 0.2) is 42.6 Å². The van der Waals surface area contributed by atoms with E-state index in [4.69, 9.17) is 11.6 Å². The fourth-order valence-corrected chi connectivity index (χ4v) is 3.02. The Morgan fingerprint density at radius 3 is 3.00 bits per heavy atom. The molecule has 1 saturated carbocycles. The summed E-state index contributed by atoms with van der Waals surface area (Å²) in [6.45, 7) is 0. The van der Waals surface area contributed by atoms with Crippen LogP contribution in [0.3, 0.4) is 0 Å². The normalized spacial score (nSPS) is 23.7. The predicted molar refractivity (Wildman–Crippen MR) is 91.2 cm³/mol. The second kappa shape index (κ2) is 6.99. The molecule has 0 saturated heterocycles. The number of nitrogens with zero attached hydrogens (tertiary/aromatic N) is 2. The van der Waals surface area contributed by atoms with Crippen molar-refractivity contribution in [3.05, 3.63) is 53.2 Å². The second-order valence-electron chi connectivity index (χ2n) is 5.84. The third-order valence-corrected chi connectivity index (χ3v) is 4.15. The van der Waals surface area contributed by atoms with Gasteiger partial charge in [0.15, 0.2) is 0 Å². The molecule has 1 fully saturated rings. The average molecular weight is 328 g/mol. The van der Waals surface area contributed by atoms with Gasteiger partial charge in [0.05, 0.1) is 0 Å². The summed E-state index contributed by atoms with van der Waals surface area (Å²) in [5.41, 5.74) is -0.171. The Kier molecular flexibility index (Phi) is 4.80. The van der Waals surface area contributed by atoms with Crippen LogP contribution < -0.4 is 5.32 Å². The van der Waals surface area contributed by atoms with Crippen LogP contribution in [0, 0.1) is 11.8 Å². The summed E-state index contributed by atoms with van der Waals surface area (Å²) >= 11 is 5.96. The molecular weight excluding hydrogens is 310 g/mol. The fourth-order valence-electron chi connectivity index (χ4n) is 2.83. The summed E-state index contributed by atoms with van der Waals surface area (Å²) in [7, 11) is 0. The van der Waals surface area contributed by atoms with Gasteiger partial charge in [-0.15, -0.1) is 5.10 Å². The van der Waals surface area contributed by atoms with Crippen LogP contribution in [-0.4, -0.2) is 26.9 Å². The summed E-state index contributed by atoms with van der Waals surface area (Å²) < 4.78 is 0. The molecule has 23 heavy (non-hydrogen) atoms. The van der Waals surface area contributed by atoms with Gasteiger partial charge in [-0.25, -0.2) is 0 Å². The zero-order chi connectivity index (χ0) is 16.1. The highest BCUT2D eigenvalue weighted by Gasteiger charge is 2.32. The Bertz CT molecular complexity index is 726. The summed E-state index contributed by atoms with van der Waals surface area (Å²) in [5, 5.41) is 22.6. The average Bonchev–Trinajstić information content (AvgIpc) is 2.54. The number of aromatic nitrogens is 2. The Hall–Kier alpha value is -2.09. The lowest BCUT2D eigenvalue weighted by molar-refractivity contribution is 0.0561. The molecular formula is C18H18ClN3O. The van der Waals surface area contributed by atoms with Crippen molar-refractivity contribution < 1.29 is 5.11 Å². The Balaban J connectivity index is 1.69. The lowest BCUT2D eigenvalue weighted by Crippen LogP contribution is -2.39. The van der Waals surface area contributed by atoms with E-state index in [0.29, 0.717) is 17.9 Å². The van der Waals surface area contributed by atoms with Crippen LogP contribution in [0.4, 0.5) is 5.82 Å². The molecule has 1 aromatic heterocycles. The van der Waals surface area contributed by atoms with Gasteiger partial charge in [0.1, 0.15) is 11.4 Å². The van der Waals surface area contributed by atoms with E-state index in [1.165, 1.54) is 0 Å². The minimum atomic E-state index is -0.986. The fraction of sp³-hybridized carbons (Fsp3) is 0.333. The predicted octanol–water partition coefficient (Wildman–Crippen LogP) is 3.27. The van der Waals surface area contributed by atoms with Gasteiger partial charge >= 0.3 is 0 Å². The third-order valence-electron chi connectivity index (χ3n) is 3.92. The van der Waals surface area contributed by atoms with Crippen LogP contribution in [0.1, 0.15) is 31.2 Å². The van der Waals surface area contributed by atoms with E-state index < -0.39 is 5.60 Å². The summed E-state index contributed by atoms with van der Waals surface area (Å²) in [4.78, 5) is 0. The molecule has 5 heteroatoms. The first-order valence-corrected chi connectivity index (χ1v) is 8.06. The smallest absolute Gasteiger partial charge is 0.148 e. The topological polar surface area (TPSA) is 58.0 Å². The highest BCUT2D eigenvalue weighted by molar-refractivity contribution is 6.30. The molecule has 1 heterocycles. The van der Waals surface area contributed by atoms with Crippen molar-refractivity contribution in [3.8, 4) is 11.8 Å². The van der Waals surface area contributed by atoms with Crippen molar-refractivity contribution in [3.63, 3.8) is 0 Å². The molecule has 4 nitrogen and oxygen atoms in total. The minimum Gasteiger partial charge on any atom is -0.378 e. The van der Waals surface area contributed by atoms with E-state index in [1.807, 2.05) is 30.3 Å². The molecule has 0 spiro atoms. The molecule has 1 aliphatic rings. The molecule has 2 N–H and O–H groups in total. The first-order valence-electron chi connectivity index (χ1n) is 7.68. The first kappa shape index (κ1) is 15.8. The molecule has 118 valence electrons. The maximum absolute atomic E-state index is 10.8. The molecule has 0 unspecified atom stereocenters. The minimum absolute atomic E-state index is 0.138. The second-order valence-corrected chi connectivity index (χ2v) is 6.27. The molecule has 0 bridgehead atoms. The first-order chi connectivity index (χ1) is 11.1. The highest BCUT2D eigenvalue weighted by Crippen LogP contribution is 2.29. The van der Waals surface area contributed by atoms with Crippen molar-refractivity contribution in [1.29, 1.82) is 0 Å². The van der Waals surface area contributed by atoms with Crippen LogP contribution in [0.25, 0.3) is 0 Å². The van der Waals surface area contributed by atoms with Crippen LogP contribution >= 0.6 is 11.6 Å². The maximum Gasteiger partial charge on any atom is 0.148 e. The van der Waals surface area contributed by atoms with Gasteiger partial charge in [-0.05, 0) is 49.6 Å². The number of rotatable bonds is 2. The van der Waals surface area contributed by atoms with Gasteiger partial charge in [0.2, 0.25) is 0 Å². The van der Waals surface area contributed by atoms with Crippen molar-refractivity contribution in [2.75, 3.05) is 5.32 Å². The van der Waals surface area contributed by atoms with Crippen molar-refractivity contribution >= 4 is 17.4 Å². The van der Waals surface area contributed by atoms with Crippen molar-refractivity contribution in [1.82, 2.24) is 10.2 Å².